The average Bonchev–Trinajstić information content (AvgIpc) is 2.49. The number of aliphatic carboxylic acids is 1. The molecule has 0 saturated heterocycles. The first kappa shape index (κ1) is 17.5. The predicted octanol–water partition coefficient (Wildman–Crippen LogP) is 3.51. The molecule has 1 aromatic rings. The first-order chi connectivity index (χ1) is 10.8. The Morgan fingerprint density at radius 1 is 1.13 bits per heavy atom. The number of unbranched alkanes of at least 4 members (excludes halogenated alkanes) is 1. The van der Waals surface area contributed by atoms with E-state index in [-0.39, 0.29) is 17.7 Å². The molecule has 0 unspecified atom stereocenters. The SMILES string of the molecule is CC(C)(C)c1ccc2c(c1)CN(C(=O)CCCCC(=O)O)CC2. The topological polar surface area (TPSA) is 57.6 Å². The molecule has 1 N–H and O–H groups in total. The average molecular weight is 317 g/mol. The highest BCUT2D eigenvalue weighted by molar-refractivity contribution is 5.76. The zero-order chi connectivity index (χ0) is 17.0. The fourth-order valence-electron chi connectivity index (χ4n) is 2.95. The Kier molecular flexibility index (Phi) is 5.45. The van der Waals surface area contributed by atoms with Gasteiger partial charge < -0.3 is 10.0 Å². The maximum atomic E-state index is 12.3. The summed E-state index contributed by atoms with van der Waals surface area (Å²) in [5.41, 5.74) is 4.00. The summed E-state index contributed by atoms with van der Waals surface area (Å²) in [5.74, 6) is -0.652. The van der Waals surface area contributed by atoms with Gasteiger partial charge in [0.05, 0.1) is 0 Å². The van der Waals surface area contributed by atoms with Crippen LogP contribution in [0.3, 0.4) is 0 Å². The van der Waals surface area contributed by atoms with Crippen LogP contribution < -0.4 is 0 Å². The minimum Gasteiger partial charge on any atom is -0.481 e. The highest BCUT2D eigenvalue weighted by atomic mass is 16.4. The number of carboxylic acid groups (broad SMARTS) is 1. The number of carboxylic acids is 1. The molecule has 1 heterocycles. The van der Waals surface area contributed by atoms with Crippen molar-refractivity contribution in [2.45, 2.75) is 64.8 Å². The summed E-state index contributed by atoms with van der Waals surface area (Å²) in [6.07, 6.45) is 2.71. The van der Waals surface area contributed by atoms with Crippen LogP contribution in [0.2, 0.25) is 0 Å². The Balaban J connectivity index is 1.96. The van der Waals surface area contributed by atoms with Gasteiger partial charge >= 0.3 is 5.97 Å². The summed E-state index contributed by atoms with van der Waals surface area (Å²) < 4.78 is 0. The second-order valence-corrected chi connectivity index (χ2v) is 7.40. The van der Waals surface area contributed by atoms with Crippen molar-refractivity contribution in [2.24, 2.45) is 0 Å². The Hall–Kier alpha value is -1.84. The summed E-state index contributed by atoms with van der Waals surface area (Å²) in [6.45, 7) is 8.03. The molecule has 1 aromatic carbocycles. The van der Waals surface area contributed by atoms with Crippen LogP contribution in [-0.4, -0.2) is 28.4 Å². The minimum atomic E-state index is -0.793. The van der Waals surface area contributed by atoms with Crippen molar-refractivity contribution < 1.29 is 14.7 Å². The second kappa shape index (κ2) is 7.16. The van der Waals surface area contributed by atoms with Crippen LogP contribution in [0.4, 0.5) is 0 Å². The van der Waals surface area contributed by atoms with Crippen LogP contribution in [0.15, 0.2) is 18.2 Å². The number of nitrogens with zero attached hydrogens (tertiary/aromatic N) is 1. The van der Waals surface area contributed by atoms with E-state index in [9.17, 15) is 9.59 Å². The monoisotopic (exact) mass is 317 g/mol. The molecule has 0 fully saturated rings. The standard InChI is InChI=1S/C19H27NO3/c1-19(2,3)16-9-8-14-10-11-20(13-15(14)12-16)17(21)6-4-5-7-18(22)23/h8-9,12H,4-7,10-11,13H2,1-3H3,(H,22,23). The third-order valence-corrected chi connectivity index (χ3v) is 4.47. The van der Waals surface area contributed by atoms with Crippen LogP contribution in [0.25, 0.3) is 0 Å². The molecule has 4 heteroatoms. The van der Waals surface area contributed by atoms with Gasteiger partial charge in [-0.3, -0.25) is 9.59 Å². The zero-order valence-corrected chi connectivity index (χ0v) is 14.4. The number of hydrogen-bond donors (Lipinski definition) is 1. The molecule has 0 bridgehead atoms. The minimum absolute atomic E-state index is 0.109. The smallest absolute Gasteiger partial charge is 0.303 e. The van der Waals surface area contributed by atoms with Gasteiger partial charge in [-0.15, -0.1) is 0 Å². The van der Waals surface area contributed by atoms with Crippen LogP contribution in [0.1, 0.15) is 63.1 Å². The van der Waals surface area contributed by atoms with E-state index in [1.165, 1.54) is 16.7 Å². The Morgan fingerprint density at radius 3 is 2.48 bits per heavy atom. The van der Waals surface area contributed by atoms with Gasteiger partial charge in [-0.25, -0.2) is 0 Å². The van der Waals surface area contributed by atoms with Crippen molar-refractivity contribution in [3.63, 3.8) is 0 Å². The van der Waals surface area contributed by atoms with E-state index >= 15 is 0 Å². The lowest BCUT2D eigenvalue weighted by Crippen LogP contribution is -2.36. The summed E-state index contributed by atoms with van der Waals surface area (Å²) in [4.78, 5) is 24.7. The van der Waals surface area contributed by atoms with Crippen molar-refractivity contribution in [2.75, 3.05) is 6.54 Å². The number of carbonyl (C=O) groups is 2. The molecular formula is C19H27NO3. The molecule has 0 aliphatic carbocycles. The van der Waals surface area contributed by atoms with Gasteiger partial charge in [0.2, 0.25) is 5.91 Å². The number of carbonyl (C=O) groups excluding carboxylic acids is 1. The van der Waals surface area contributed by atoms with Gasteiger partial charge in [0.1, 0.15) is 0 Å². The summed E-state index contributed by atoms with van der Waals surface area (Å²) in [7, 11) is 0. The van der Waals surface area contributed by atoms with Gasteiger partial charge in [-0.2, -0.15) is 0 Å². The van der Waals surface area contributed by atoms with E-state index in [1.54, 1.807) is 0 Å². The fourth-order valence-corrected chi connectivity index (χ4v) is 2.95. The second-order valence-electron chi connectivity index (χ2n) is 7.40. The van der Waals surface area contributed by atoms with Crippen molar-refractivity contribution in [1.82, 2.24) is 4.90 Å². The fraction of sp³-hybridized carbons (Fsp3) is 0.579. The molecule has 0 atom stereocenters. The number of hydrogen-bond acceptors (Lipinski definition) is 2. The molecule has 2 rings (SSSR count). The van der Waals surface area contributed by atoms with E-state index in [0.29, 0.717) is 25.8 Å². The van der Waals surface area contributed by atoms with Crippen molar-refractivity contribution in [1.29, 1.82) is 0 Å². The molecule has 23 heavy (non-hydrogen) atoms. The Bertz CT molecular complexity index is 587. The highest BCUT2D eigenvalue weighted by Gasteiger charge is 2.22. The maximum absolute atomic E-state index is 12.3. The Labute approximate surface area is 138 Å². The number of fused-ring (bicyclic) bond motifs is 1. The largest absolute Gasteiger partial charge is 0.481 e. The zero-order valence-electron chi connectivity index (χ0n) is 14.4. The molecule has 4 nitrogen and oxygen atoms in total. The van der Waals surface area contributed by atoms with Gasteiger partial charge in [-0.1, -0.05) is 39.0 Å². The van der Waals surface area contributed by atoms with E-state index in [2.05, 4.69) is 39.0 Å². The molecule has 0 aromatic heterocycles. The normalized spacial score (nSPS) is 14.5. The van der Waals surface area contributed by atoms with E-state index in [4.69, 9.17) is 5.11 Å². The van der Waals surface area contributed by atoms with E-state index in [1.807, 2.05) is 4.90 Å². The van der Waals surface area contributed by atoms with Gasteiger partial charge in [0, 0.05) is 25.9 Å². The number of rotatable bonds is 5. The lowest BCUT2D eigenvalue weighted by molar-refractivity contribution is -0.137. The predicted molar refractivity (Wildman–Crippen MR) is 90.4 cm³/mol. The number of amides is 1. The van der Waals surface area contributed by atoms with Gasteiger partial charge in [0.15, 0.2) is 0 Å². The van der Waals surface area contributed by atoms with Crippen molar-refractivity contribution in [3.8, 4) is 0 Å². The van der Waals surface area contributed by atoms with Crippen LogP contribution in [-0.2, 0) is 28.0 Å². The number of benzene rings is 1. The molecule has 1 amide bonds. The first-order valence-corrected chi connectivity index (χ1v) is 8.39. The molecule has 126 valence electrons. The summed E-state index contributed by atoms with van der Waals surface area (Å²) >= 11 is 0. The highest BCUT2D eigenvalue weighted by Crippen LogP contribution is 2.27. The first-order valence-electron chi connectivity index (χ1n) is 8.39. The van der Waals surface area contributed by atoms with Crippen LogP contribution >= 0.6 is 0 Å². The van der Waals surface area contributed by atoms with Crippen molar-refractivity contribution in [3.05, 3.63) is 34.9 Å². The molecule has 0 saturated carbocycles. The summed E-state index contributed by atoms with van der Waals surface area (Å²) in [5, 5.41) is 8.63. The van der Waals surface area contributed by atoms with Gasteiger partial charge in [0.25, 0.3) is 0 Å². The maximum Gasteiger partial charge on any atom is 0.303 e. The molecule has 0 radical (unpaired) electrons. The van der Waals surface area contributed by atoms with E-state index in [0.717, 1.165) is 13.0 Å². The third-order valence-electron chi connectivity index (χ3n) is 4.47. The summed E-state index contributed by atoms with van der Waals surface area (Å²) in [6, 6.07) is 6.63. The van der Waals surface area contributed by atoms with Crippen LogP contribution in [0.5, 0.6) is 0 Å². The quantitative estimate of drug-likeness (QED) is 0.845. The molecule has 0 spiro atoms. The lowest BCUT2D eigenvalue weighted by atomic mass is 9.84. The Morgan fingerprint density at radius 2 is 1.83 bits per heavy atom. The molecular weight excluding hydrogens is 290 g/mol. The lowest BCUT2D eigenvalue weighted by Gasteiger charge is -2.30. The van der Waals surface area contributed by atoms with E-state index < -0.39 is 5.97 Å². The van der Waals surface area contributed by atoms with Crippen molar-refractivity contribution >= 4 is 11.9 Å². The molecule has 1 aliphatic rings. The van der Waals surface area contributed by atoms with Gasteiger partial charge in [-0.05, 0) is 41.4 Å². The third kappa shape index (κ3) is 4.81. The van der Waals surface area contributed by atoms with Crippen LogP contribution in [0, 0.1) is 0 Å². The molecule has 1 aliphatic heterocycles.